The van der Waals surface area contributed by atoms with Gasteiger partial charge in [-0.3, -0.25) is 0 Å². The van der Waals surface area contributed by atoms with Gasteiger partial charge in [0.2, 0.25) is 0 Å². The lowest BCUT2D eigenvalue weighted by atomic mass is 9.99. The van der Waals surface area contributed by atoms with Gasteiger partial charge in [0, 0.05) is 14.6 Å². The van der Waals surface area contributed by atoms with Crippen LogP contribution in [0.25, 0.3) is 0 Å². The number of halogens is 3. The molecule has 2 rings (SSSR count). The topological polar surface area (TPSA) is 12.0 Å². The van der Waals surface area contributed by atoms with E-state index in [0.717, 1.165) is 26.6 Å². The van der Waals surface area contributed by atoms with Gasteiger partial charge in [0.25, 0.3) is 0 Å². The molecule has 0 spiro atoms. The Morgan fingerprint density at radius 1 is 1.10 bits per heavy atom. The van der Waals surface area contributed by atoms with E-state index in [1.165, 1.54) is 11.1 Å². The van der Waals surface area contributed by atoms with Crippen LogP contribution < -0.4 is 5.32 Å². The van der Waals surface area contributed by atoms with Gasteiger partial charge >= 0.3 is 0 Å². The molecule has 0 aromatic heterocycles. The maximum absolute atomic E-state index is 6.23. The molecule has 1 nitrogen and oxygen atoms in total. The normalized spacial score (nSPS) is 12.4. The first-order valence-electron chi connectivity index (χ1n) is 6.53. The van der Waals surface area contributed by atoms with Crippen molar-refractivity contribution in [2.24, 2.45) is 0 Å². The van der Waals surface area contributed by atoms with Crippen LogP contribution in [-0.4, -0.2) is 6.54 Å². The fraction of sp³-hybridized carbons (Fsp3) is 0.250. The molecule has 0 aliphatic rings. The summed E-state index contributed by atoms with van der Waals surface area (Å²) in [7, 11) is 0. The molecule has 0 amide bonds. The summed E-state index contributed by atoms with van der Waals surface area (Å²) in [6, 6.07) is 14.5. The monoisotopic (exact) mass is 419 g/mol. The van der Waals surface area contributed by atoms with Gasteiger partial charge < -0.3 is 5.32 Å². The molecule has 1 N–H and O–H groups in total. The average Bonchev–Trinajstić information content (AvgIpc) is 2.44. The van der Waals surface area contributed by atoms with Crippen molar-refractivity contribution in [3.63, 3.8) is 0 Å². The average molecular weight is 420 g/mol. The molecule has 0 radical (unpaired) electrons. The fourth-order valence-electron chi connectivity index (χ4n) is 2.14. The fourth-order valence-corrected chi connectivity index (χ4v) is 2.79. The molecule has 1 unspecified atom stereocenters. The number of hydrogen-bond donors (Lipinski definition) is 1. The third-order valence-corrected chi connectivity index (χ3v) is 4.97. The lowest BCUT2D eigenvalue weighted by Crippen LogP contribution is -2.23. The zero-order chi connectivity index (χ0) is 14.5. The van der Waals surface area contributed by atoms with E-state index in [4.69, 9.17) is 23.2 Å². The summed E-state index contributed by atoms with van der Waals surface area (Å²) in [5, 5.41) is 5.09. The molecule has 0 aliphatic heterocycles. The quantitative estimate of drug-likeness (QED) is 0.631. The second kappa shape index (κ2) is 7.64. The Bertz CT molecular complexity index is 569. The van der Waals surface area contributed by atoms with Crippen molar-refractivity contribution in [1.29, 1.82) is 0 Å². The standard InChI is InChI=1S/C16H16Cl2IN/c1-2-20-16(9-11-3-6-13(17)7-4-11)12-5-8-15(19)14(18)10-12/h3-8,10,16,20H,2,9H2,1H3. The number of benzene rings is 2. The van der Waals surface area contributed by atoms with Crippen LogP contribution in [0.1, 0.15) is 24.1 Å². The highest BCUT2D eigenvalue weighted by molar-refractivity contribution is 14.1. The molecule has 0 bridgehead atoms. The predicted octanol–water partition coefficient (Wildman–Crippen LogP) is 5.49. The van der Waals surface area contributed by atoms with Crippen molar-refractivity contribution in [3.05, 3.63) is 67.2 Å². The van der Waals surface area contributed by atoms with E-state index < -0.39 is 0 Å². The molecule has 0 saturated heterocycles. The molecule has 0 heterocycles. The molecular weight excluding hydrogens is 404 g/mol. The molecule has 4 heteroatoms. The first-order valence-corrected chi connectivity index (χ1v) is 8.36. The summed E-state index contributed by atoms with van der Waals surface area (Å²) >= 11 is 14.4. The van der Waals surface area contributed by atoms with E-state index in [2.05, 4.69) is 59.1 Å². The van der Waals surface area contributed by atoms with Crippen LogP contribution >= 0.6 is 45.8 Å². The van der Waals surface area contributed by atoms with Crippen LogP contribution in [0.3, 0.4) is 0 Å². The highest BCUT2D eigenvalue weighted by Crippen LogP contribution is 2.25. The van der Waals surface area contributed by atoms with E-state index in [9.17, 15) is 0 Å². The summed E-state index contributed by atoms with van der Waals surface area (Å²) in [5.74, 6) is 0. The Hall–Kier alpha value is -0.290. The van der Waals surface area contributed by atoms with Gasteiger partial charge in [-0.05, 0) is 70.9 Å². The first-order chi connectivity index (χ1) is 9.60. The van der Waals surface area contributed by atoms with Crippen molar-refractivity contribution in [2.45, 2.75) is 19.4 Å². The van der Waals surface area contributed by atoms with Crippen molar-refractivity contribution in [1.82, 2.24) is 5.32 Å². The maximum atomic E-state index is 6.23. The second-order valence-corrected chi connectivity index (χ2v) is 6.62. The van der Waals surface area contributed by atoms with Crippen molar-refractivity contribution < 1.29 is 0 Å². The largest absolute Gasteiger partial charge is 0.310 e. The first kappa shape index (κ1) is 16.1. The summed E-state index contributed by atoms with van der Waals surface area (Å²) in [6.07, 6.45) is 0.919. The SMILES string of the molecule is CCNC(Cc1ccc(Cl)cc1)c1ccc(I)c(Cl)c1. The molecule has 2 aromatic carbocycles. The number of hydrogen-bond acceptors (Lipinski definition) is 1. The van der Waals surface area contributed by atoms with Gasteiger partial charge in [0.15, 0.2) is 0 Å². The molecule has 2 aromatic rings. The Labute approximate surface area is 143 Å². The lowest BCUT2D eigenvalue weighted by Gasteiger charge is -2.19. The summed E-state index contributed by atoms with van der Waals surface area (Å²) in [5.41, 5.74) is 2.47. The minimum atomic E-state index is 0.260. The highest BCUT2D eigenvalue weighted by Gasteiger charge is 2.12. The Kier molecular flexibility index (Phi) is 6.15. The molecule has 0 fully saturated rings. The third kappa shape index (κ3) is 4.35. The van der Waals surface area contributed by atoms with Gasteiger partial charge in [0.1, 0.15) is 0 Å². The van der Waals surface area contributed by atoms with Gasteiger partial charge in [0.05, 0.1) is 5.02 Å². The van der Waals surface area contributed by atoms with Crippen molar-refractivity contribution in [3.8, 4) is 0 Å². The number of rotatable bonds is 5. The van der Waals surface area contributed by atoms with Gasteiger partial charge in [-0.2, -0.15) is 0 Å². The smallest absolute Gasteiger partial charge is 0.0542 e. The molecule has 106 valence electrons. The van der Waals surface area contributed by atoms with Gasteiger partial charge in [-0.15, -0.1) is 0 Å². The van der Waals surface area contributed by atoms with E-state index in [0.29, 0.717) is 0 Å². The Balaban J connectivity index is 2.21. The summed E-state index contributed by atoms with van der Waals surface area (Å²) < 4.78 is 1.08. The second-order valence-electron chi connectivity index (χ2n) is 4.61. The van der Waals surface area contributed by atoms with E-state index in [-0.39, 0.29) is 6.04 Å². The lowest BCUT2D eigenvalue weighted by molar-refractivity contribution is 0.550. The summed E-state index contributed by atoms with van der Waals surface area (Å²) in [4.78, 5) is 0. The predicted molar refractivity (Wildman–Crippen MR) is 95.7 cm³/mol. The van der Waals surface area contributed by atoms with Gasteiger partial charge in [-0.25, -0.2) is 0 Å². The zero-order valence-corrected chi connectivity index (χ0v) is 14.8. The minimum Gasteiger partial charge on any atom is -0.310 e. The van der Waals surface area contributed by atoms with Crippen molar-refractivity contribution in [2.75, 3.05) is 6.54 Å². The maximum Gasteiger partial charge on any atom is 0.0542 e. The van der Waals surface area contributed by atoms with E-state index in [1.807, 2.05) is 18.2 Å². The van der Waals surface area contributed by atoms with Crippen molar-refractivity contribution >= 4 is 45.8 Å². The molecule has 0 aliphatic carbocycles. The number of nitrogens with one attached hydrogen (secondary N) is 1. The number of likely N-dealkylation sites (N-methyl/N-ethyl adjacent to an activating group) is 1. The Morgan fingerprint density at radius 2 is 1.80 bits per heavy atom. The van der Waals surface area contributed by atoms with Crippen LogP contribution in [0.4, 0.5) is 0 Å². The Morgan fingerprint density at radius 3 is 2.40 bits per heavy atom. The van der Waals surface area contributed by atoms with Crippen LogP contribution in [0.15, 0.2) is 42.5 Å². The molecule has 0 saturated carbocycles. The van der Waals surface area contributed by atoms with Crippen LogP contribution in [0.2, 0.25) is 10.0 Å². The minimum absolute atomic E-state index is 0.260. The molecule has 20 heavy (non-hydrogen) atoms. The zero-order valence-electron chi connectivity index (χ0n) is 11.2. The summed E-state index contributed by atoms with van der Waals surface area (Å²) in [6.45, 7) is 3.03. The highest BCUT2D eigenvalue weighted by atomic mass is 127. The van der Waals surface area contributed by atoms with Crippen LogP contribution in [-0.2, 0) is 6.42 Å². The third-order valence-electron chi connectivity index (χ3n) is 3.15. The van der Waals surface area contributed by atoms with E-state index in [1.54, 1.807) is 0 Å². The molecule has 1 atom stereocenters. The van der Waals surface area contributed by atoms with Gasteiger partial charge in [-0.1, -0.05) is 48.3 Å². The molecular formula is C16H16Cl2IN. The van der Waals surface area contributed by atoms with Crippen LogP contribution in [0.5, 0.6) is 0 Å². The van der Waals surface area contributed by atoms with E-state index >= 15 is 0 Å². The van der Waals surface area contributed by atoms with Crippen LogP contribution in [0, 0.1) is 3.57 Å².